The monoisotopic (exact) mass is 298 g/mol. The van der Waals surface area contributed by atoms with Crippen molar-refractivity contribution in [3.05, 3.63) is 35.4 Å². The smallest absolute Gasteiger partial charge is 0.338 e. The summed E-state index contributed by atoms with van der Waals surface area (Å²) in [5.41, 5.74) is 2.32. The Morgan fingerprint density at radius 2 is 2.10 bits per heavy atom. The lowest BCUT2D eigenvalue weighted by Crippen LogP contribution is -2.38. The number of sulfonamides is 1. The predicted octanol–water partition coefficient (Wildman–Crippen LogP) is 1.60. The van der Waals surface area contributed by atoms with Gasteiger partial charge in [0.2, 0.25) is 10.0 Å². The van der Waals surface area contributed by atoms with Gasteiger partial charge in [-0.15, -0.1) is 0 Å². The Labute approximate surface area is 118 Å². The minimum Gasteiger partial charge on any atom is -0.338 e. The van der Waals surface area contributed by atoms with E-state index in [0.29, 0.717) is 0 Å². The molecule has 0 aromatic heterocycles. The Kier molecular flexibility index (Phi) is 4.29. The Hall–Kier alpha value is -1.60. The molecule has 110 valence electrons. The lowest BCUT2D eigenvalue weighted by atomic mass is 9.87. The van der Waals surface area contributed by atoms with Crippen molar-refractivity contribution in [2.24, 2.45) is 0 Å². The van der Waals surface area contributed by atoms with Gasteiger partial charge >= 0.3 is 6.09 Å². The van der Waals surface area contributed by atoms with E-state index >= 15 is 0 Å². The molecule has 0 saturated carbocycles. The van der Waals surface area contributed by atoms with Crippen LogP contribution in [0, 0.1) is 0 Å². The largest absolute Gasteiger partial charge is 0.429 e. The van der Waals surface area contributed by atoms with E-state index in [-0.39, 0.29) is 6.04 Å². The number of hydrogen-bond donors (Lipinski definition) is 1. The summed E-state index contributed by atoms with van der Waals surface area (Å²) < 4.78 is 21.9. The minimum absolute atomic E-state index is 0.0891. The first-order valence-corrected chi connectivity index (χ1v) is 8.26. The molecule has 1 N–H and O–H groups in total. The molecule has 1 aliphatic rings. The lowest BCUT2D eigenvalue weighted by molar-refractivity contribution is 0.0759. The molecule has 0 radical (unpaired) electrons. The number of aryl methyl sites for hydroxylation is 1. The molecule has 1 aromatic rings. The maximum absolute atomic E-state index is 11.9. The number of amides is 1. The van der Waals surface area contributed by atoms with Crippen LogP contribution in [0.2, 0.25) is 0 Å². The van der Waals surface area contributed by atoms with Crippen LogP contribution in [-0.2, 0) is 21.3 Å². The second-order valence-corrected chi connectivity index (χ2v) is 6.65. The fourth-order valence-corrected chi connectivity index (χ4v) is 2.66. The van der Waals surface area contributed by atoms with Gasteiger partial charge in [0.15, 0.2) is 0 Å². The molecular weight excluding hydrogens is 280 g/mol. The van der Waals surface area contributed by atoms with Crippen LogP contribution in [0.15, 0.2) is 24.3 Å². The van der Waals surface area contributed by atoms with Crippen molar-refractivity contribution in [3.8, 4) is 0 Å². The zero-order chi connectivity index (χ0) is 14.8. The molecule has 0 aliphatic heterocycles. The predicted molar refractivity (Wildman–Crippen MR) is 74.3 cm³/mol. The summed E-state index contributed by atoms with van der Waals surface area (Å²) in [6.07, 6.45) is 3.03. The zero-order valence-corrected chi connectivity index (χ0v) is 12.3. The second-order valence-electron chi connectivity index (χ2n) is 4.94. The van der Waals surface area contributed by atoms with Crippen molar-refractivity contribution < 1.29 is 18.0 Å². The van der Waals surface area contributed by atoms with E-state index in [4.69, 9.17) is 0 Å². The van der Waals surface area contributed by atoms with Crippen LogP contribution in [0.1, 0.15) is 30.0 Å². The molecule has 20 heavy (non-hydrogen) atoms. The number of nitrogens with zero attached hydrogens (tertiary/aromatic N) is 1. The van der Waals surface area contributed by atoms with E-state index in [1.165, 1.54) is 10.5 Å². The summed E-state index contributed by atoms with van der Waals surface area (Å²) >= 11 is 0. The van der Waals surface area contributed by atoms with E-state index < -0.39 is 16.1 Å². The quantitative estimate of drug-likeness (QED) is 0.860. The van der Waals surface area contributed by atoms with Crippen LogP contribution in [0.25, 0.3) is 0 Å². The average Bonchev–Trinajstić information content (AvgIpc) is 2.42. The second kappa shape index (κ2) is 5.80. The maximum Gasteiger partial charge on any atom is 0.429 e. The summed E-state index contributed by atoms with van der Waals surface area (Å²) in [5.74, 6) is 0. The first kappa shape index (κ1) is 14.8. The molecule has 1 aliphatic carbocycles. The Bertz CT molecular complexity index is 600. The highest BCUT2D eigenvalue weighted by molar-refractivity contribution is 7.88. The Balaban J connectivity index is 2.10. The molecular formula is C13H18N2O4S. The molecule has 1 amide bonds. The van der Waals surface area contributed by atoms with Gasteiger partial charge in [-0.3, -0.25) is 0 Å². The molecule has 1 aromatic carbocycles. The van der Waals surface area contributed by atoms with Crippen LogP contribution in [-0.4, -0.2) is 32.7 Å². The molecule has 6 nitrogen and oxygen atoms in total. The molecule has 0 fully saturated rings. The van der Waals surface area contributed by atoms with E-state index in [9.17, 15) is 13.2 Å². The van der Waals surface area contributed by atoms with Crippen molar-refractivity contribution in [1.29, 1.82) is 0 Å². The summed E-state index contributed by atoms with van der Waals surface area (Å²) in [6, 6.07) is 7.87. The third kappa shape index (κ3) is 3.49. The van der Waals surface area contributed by atoms with Crippen molar-refractivity contribution in [1.82, 2.24) is 9.79 Å². The maximum atomic E-state index is 11.9. The van der Waals surface area contributed by atoms with Crippen molar-refractivity contribution in [2.45, 2.75) is 25.3 Å². The number of hydrogen-bond acceptors (Lipinski definition) is 4. The zero-order valence-electron chi connectivity index (χ0n) is 11.5. The molecule has 0 saturated heterocycles. The summed E-state index contributed by atoms with van der Waals surface area (Å²) in [6.45, 7) is 0. The lowest BCUT2D eigenvalue weighted by Gasteiger charge is -2.32. The first-order chi connectivity index (χ1) is 9.38. The highest BCUT2D eigenvalue weighted by atomic mass is 32.2. The molecule has 1 unspecified atom stereocenters. The molecule has 0 spiro atoms. The van der Waals surface area contributed by atoms with E-state index in [1.54, 1.807) is 11.9 Å². The highest BCUT2D eigenvalue weighted by Crippen LogP contribution is 2.33. The van der Waals surface area contributed by atoms with Gasteiger partial charge in [-0.2, -0.15) is 0 Å². The normalized spacial score (nSPS) is 18.2. The van der Waals surface area contributed by atoms with Crippen LogP contribution < -0.4 is 4.89 Å². The van der Waals surface area contributed by atoms with Crippen molar-refractivity contribution >= 4 is 16.1 Å². The van der Waals surface area contributed by atoms with Gasteiger partial charge < -0.3 is 9.74 Å². The fraction of sp³-hybridized carbons (Fsp3) is 0.462. The van der Waals surface area contributed by atoms with Crippen molar-refractivity contribution in [3.63, 3.8) is 0 Å². The van der Waals surface area contributed by atoms with Crippen LogP contribution in [0.3, 0.4) is 0 Å². The molecule has 7 heteroatoms. The standard InChI is InChI=1S/C13H18N2O4S/c1-15(13(16)19-14-20(2,17)18)12-9-5-7-10-6-3-4-8-11(10)12/h3-4,6,8,12,14H,5,7,9H2,1-2H3. The third-order valence-corrected chi connectivity index (χ3v) is 3.76. The van der Waals surface area contributed by atoms with Crippen LogP contribution >= 0.6 is 0 Å². The fourth-order valence-electron chi connectivity index (χ4n) is 2.44. The van der Waals surface area contributed by atoms with Gasteiger partial charge in [-0.25, -0.2) is 13.2 Å². The Morgan fingerprint density at radius 1 is 1.40 bits per heavy atom. The van der Waals surface area contributed by atoms with Crippen LogP contribution in [0.4, 0.5) is 4.79 Å². The number of fused-ring (bicyclic) bond motifs is 1. The summed E-state index contributed by atoms with van der Waals surface area (Å²) in [5, 5.41) is 0. The number of carbonyl (C=O) groups is 1. The van der Waals surface area contributed by atoms with Gasteiger partial charge in [-0.1, -0.05) is 24.3 Å². The number of benzene rings is 1. The van der Waals surface area contributed by atoms with Gasteiger partial charge in [0, 0.05) is 7.05 Å². The van der Waals surface area contributed by atoms with Crippen molar-refractivity contribution in [2.75, 3.05) is 13.3 Å². The number of nitrogens with one attached hydrogen (secondary N) is 1. The first-order valence-electron chi connectivity index (χ1n) is 6.36. The topological polar surface area (TPSA) is 75.7 Å². The average molecular weight is 298 g/mol. The van der Waals surface area contributed by atoms with Gasteiger partial charge in [0.1, 0.15) is 0 Å². The molecule has 0 heterocycles. The van der Waals surface area contributed by atoms with E-state index in [0.717, 1.165) is 31.1 Å². The molecule has 1 atom stereocenters. The van der Waals surface area contributed by atoms with Crippen LogP contribution in [0.5, 0.6) is 0 Å². The van der Waals surface area contributed by atoms with Gasteiger partial charge in [-0.05, 0) is 35.3 Å². The summed E-state index contributed by atoms with van der Waals surface area (Å²) in [7, 11) is -1.95. The summed E-state index contributed by atoms with van der Waals surface area (Å²) in [4.78, 5) is 19.6. The number of carbonyl (C=O) groups excluding carboxylic acids is 1. The van der Waals surface area contributed by atoms with Gasteiger partial charge in [0.25, 0.3) is 0 Å². The molecule has 0 bridgehead atoms. The minimum atomic E-state index is -3.56. The van der Waals surface area contributed by atoms with E-state index in [1.807, 2.05) is 18.2 Å². The third-order valence-electron chi connectivity index (χ3n) is 3.37. The SMILES string of the molecule is CN(C(=O)ONS(C)(=O)=O)C1CCCc2ccccc21. The van der Waals surface area contributed by atoms with Gasteiger partial charge in [0.05, 0.1) is 12.3 Å². The molecule has 2 rings (SSSR count). The highest BCUT2D eigenvalue weighted by Gasteiger charge is 2.27. The van der Waals surface area contributed by atoms with E-state index in [2.05, 4.69) is 10.9 Å². The number of rotatable bonds is 3. The Morgan fingerprint density at radius 3 is 2.80 bits per heavy atom.